The first kappa shape index (κ1) is 14.6. The molecule has 0 aliphatic heterocycles. The number of benzene rings is 1. The molecule has 0 radical (unpaired) electrons. The van der Waals surface area contributed by atoms with E-state index < -0.39 is 5.41 Å². The molecule has 0 spiro atoms. The van der Waals surface area contributed by atoms with Gasteiger partial charge in [0, 0.05) is 29.6 Å². The van der Waals surface area contributed by atoms with Crippen molar-refractivity contribution in [3.63, 3.8) is 0 Å². The highest BCUT2D eigenvalue weighted by Gasteiger charge is 2.34. The highest BCUT2D eigenvalue weighted by atomic mass is 35.5. The lowest BCUT2D eigenvalue weighted by atomic mass is 9.73. The van der Waals surface area contributed by atoms with Crippen LogP contribution in [-0.2, 0) is 10.2 Å². The van der Waals surface area contributed by atoms with Gasteiger partial charge >= 0.3 is 0 Å². The van der Waals surface area contributed by atoms with E-state index in [0.717, 1.165) is 16.5 Å². The number of fused-ring (bicyclic) bond motifs is 1. The van der Waals surface area contributed by atoms with Crippen molar-refractivity contribution in [3.05, 3.63) is 64.9 Å². The Hall–Kier alpha value is -2.33. The summed E-state index contributed by atoms with van der Waals surface area (Å²) < 4.78 is 0. The number of carbonyl (C=O) groups is 1. The Morgan fingerprint density at radius 2 is 2.05 bits per heavy atom. The number of nitrogens with two attached hydrogens (primary N) is 1. The minimum atomic E-state index is -0.571. The van der Waals surface area contributed by atoms with Gasteiger partial charge in [-0.2, -0.15) is 0 Å². The standard InChI is InChI=1S/C17H16ClN3O/c1-17(9-14(19)22,11-5-3-2-4-6-11)12-10-21-16-15(12)13(18)7-8-20-16/h2-8,10H,9H2,1H3,(H2,19,22)(H,20,21). The second-order valence-corrected chi connectivity index (χ2v) is 5.97. The number of hydrogen-bond donors (Lipinski definition) is 2. The maximum Gasteiger partial charge on any atom is 0.218 e. The Bertz CT molecular complexity index is 828. The summed E-state index contributed by atoms with van der Waals surface area (Å²) in [6.07, 6.45) is 3.70. The van der Waals surface area contributed by atoms with Crippen molar-refractivity contribution in [1.82, 2.24) is 9.97 Å². The molecule has 1 unspecified atom stereocenters. The van der Waals surface area contributed by atoms with Gasteiger partial charge in [-0.1, -0.05) is 48.9 Å². The molecule has 112 valence electrons. The van der Waals surface area contributed by atoms with Crippen LogP contribution in [0.1, 0.15) is 24.5 Å². The molecule has 2 heterocycles. The van der Waals surface area contributed by atoms with Gasteiger partial charge < -0.3 is 10.7 Å². The van der Waals surface area contributed by atoms with Crippen LogP contribution in [-0.4, -0.2) is 15.9 Å². The highest BCUT2D eigenvalue weighted by Crippen LogP contribution is 2.40. The van der Waals surface area contributed by atoms with Crippen molar-refractivity contribution >= 4 is 28.5 Å². The van der Waals surface area contributed by atoms with Gasteiger partial charge in [-0.3, -0.25) is 4.79 Å². The molecule has 1 aromatic carbocycles. The lowest BCUT2D eigenvalue weighted by molar-refractivity contribution is -0.118. The molecule has 2 aromatic heterocycles. The maximum atomic E-state index is 11.7. The molecule has 0 saturated carbocycles. The van der Waals surface area contributed by atoms with Crippen LogP contribution in [0, 0.1) is 0 Å². The summed E-state index contributed by atoms with van der Waals surface area (Å²) in [4.78, 5) is 19.1. The smallest absolute Gasteiger partial charge is 0.218 e. The molecular formula is C17H16ClN3O. The molecule has 3 aromatic rings. The maximum absolute atomic E-state index is 11.7. The normalized spacial score (nSPS) is 13.9. The predicted octanol–water partition coefficient (Wildman–Crippen LogP) is 3.40. The van der Waals surface area contributed by atoms with Gasteiger partial charge in [-0.25, -0.2) is 4.98 Å². The average Bonchev–Trinajstić information content (AvgIpc) is 2.93. The fourth-order valence-electron chi connectivity index (χ4n) is 2.96. The zero-order valence-electron chi connectivity index (χ0n) is 12.1. The number of amides is 1. The zero-order valence-corrected chi connectivity index (χ0v) is 12.9. The summed E-state index contributed by atoms with van der Waals surface area (Å²) in [6.45, 7) is 2.00. The first-order valence-corrected chi connectivity index (χ1v) is 7.36. The molecule has 3 rings (SSSR count). The van der Waals surface area contributed by atoms with E-state index >= 15 is 0 Å². The summed E-state index contributed by atoms with van der Waals surface area (Å²) in [5, 5.41) is 1.43. The van der Waals surface area contributed by atoms with Gasteiger partial charge in [0.05, 0.1) is 5.02 Å². The monoisotopic (exact) mass is 313 g/mol. The van der Waals surface area contributed by atoms with Crippen LogP contribution in [0.5, 0.6) is 0 Å². The van der Waals surface area contributed by atoms with Gasteiger partial charge in [0.1, 0.15) is 5.65 Å². The van der Waals surface area contributed by atoms with Crippen LogP contribution in [0.15, 0.2) is 48.8 Å². The van der Waals surface area contributed by atoms with Crippen molar-refractivity contribution < 1.29 is 4.79 Å². The van der Waals surface area contributed by atoms with E-state index in [1.807, 2.05) is 43.5 Å². The number of halogens is 1. The molecule has 1 amide bonds. The zero-order chi connectivity index (χ0) is 15.7. The van der Waals surface area contributed by atoms with Crippen molar-refractivity contribution in [1.29, 1.82) is 0 Å². The van der Waals surface area contributed by atoms with Crippen LogP contribution < -0.4 is 5.73 Å². The lowest BCUT2D eigenvalue weighted by Gasteiger charge is -2.29. The van der Waals surface area contributed by atoms with Crippen molar-refractivity contribution in [2.45, 2.75) is 18.8 Å². The molecule has 4 nitrogen and oxygen atoms in total. The predicted molar refractivity (Wildman–Crippen MR) is 87.8 cm³/mol. The molecule has 0 bridgehead atoms. The SMILES string of the molecule is CC(CC(N)=O)(c1ccccc1)c1c[nH]c2nccc(Cl)c12. The van der Waals surface area contributed by atoms with Crippen molar-refractivity contribution in [3.8, 4) is 0 Å². The lowest BCUT2D eigenvalue weighted by Crippen LogP contribution is -2.30. The molecule has 1 atom stereocenters. The number of aromatic nitrogens is 2. The molecule has 0 saturated heterocycles. The molecular weight excluding hydrogens is 298 g/mol. The summed E-state index contributed by atoms with van der Waals surface area (Å²) in [5.41, 5.74) is 7.57. The minimum absolute atomic E-state index is 0.190. The topological polar surface area (TPSA) is 71.8 Å². The fourth-order valence-corrected chi connectivity index (χ4v) is 3.21. The number of carbonyl (C=O) groups excluding carboxylic acids is 1. The van der Waals surface area contributed by atoms with Crippen LogP contribution in [0.2, 0.25) is 5.02 Å². The quantitative estimate of drug-likeness (QED) is 0.775. The highest BCUT2D eigenvalue weighted by molar-refractivity contribution is 6.35. The number of nitrogens with one attached hydrogen (secondary N) is 1. The van der Waals surface area contributed by atoms with E-state index in [1.54, 1.807) is 12.3 Å². The van der Waals surface area contributed by atoms with Crippen molar-refractivity contribution in [2.75, 3.05) is 0 Å². The van der Waals surface area contributed by atoms with E-state index in [0.29, 0.717) is 10.7 Å². The Balaban J connectivity index is 2.27. The molecule has 3 N–H and O–H groups in total. The van der Waals surface area contributed by atoms with Crippen LogP contribution in [0.3, 0.4) is 0 Å². The molecule has 0 aliphatic rings. The Morgan fingerprint density at radius 3 is 2.73 bits per heavy atom. The van der Waals surface area contributed by atoms with E-state index in [4.69, 9.17) is 17.3 Å². The molecule has 22 heavy (non-hydrogen) atoms. The summed E-state index contributed by atoms with van der Waals surface area (Å²) in [7, 11) is 0. The number of primary amides is 1. The van der Waals surface area contributed by atoms with Gasteiger partial charge in [0.25, 0.3) is 0 Å². The Kier molecular flexibility index (Phi) is 3.62. The third-order valence-corrected chi connectivity index (χ3v) is 4.37. The minimum Gasteiger partial charge on any atom is -0.370 e. The Morgan fingerprint density at radius 1 is 1.32 bits per heavy atom. The largest absolute Gasteiger partial charge is 0.370 e. The molecule has 5 heteroatoms. The third-order valence-electron chi connectivity index (χ3n) is 4.06. The second-order valence-electron chi connectivity index (χ2n) is 5.56. The summed E-state index contributed by atoms with van der Waals surface area (Å²) in [5.74, 6) is -0.360. The fraction of sp³-hybridized carbons (Fsp3) is 0.176. The van der Waals surface area contributed by atoms with Gasteiger partial charge in [0.15, 0.2) is 0 Å². The molecule has 0 aliphatic carbocycles. The number of hydrogen-bond acceptors (Lipinski definition) is 2. The first-order chi connectivity index (χ1) is 10.5. The summed E-state index contributed by atoms with van der Waals surface area (Å²) >= 11 is 6.36. The molecule has 0 fully saturated rings. The van der Waals surface area contributed by atoms with Gasteiger partial charge in [-0.05, 0) is 17.2 Å². The number of H-pyrrole nitrogens is 1. The van der Waals surface area contributed by atoms with E-state index in [1.165, 1.54) is 0 Å². The van der Waals surface area contributed by atoms with Gasteiger partial charge in [-0.15, -0.1) is 0 Å². The average molecular weight is 314 g/mol. The number of aromatic amines is 1. The van der Waals surface area contributed by atoms with Gasteiger partial charge in [0.2, 0.25) is 5.91 Å². The van der Waals surface area contributed by atoms with Crippen LogP contribution in [0.25, 0.3) is 11.0 Å². The van der Waals surface area contributed by atoms with E-state index in [9.17, 15) is 4.79 Å². The van der Waals surface area contributed by atoms with E-state index in [-0.39, 0.29) is 12.3 Å². The summed E-state index contributed by atoms with van der Waals surface area (Å²) in [6, 6.07) is 11.6. The number of pyridine rings is 1. The second kappa shape index (κ2) is 5.46. The number of rotatable bonds is 4. The van der Waals surface area contributed by atoms with Crippen LogP contribution in [0.4, 0.5) is 0 Å². The third kappa shape index (κ3) is 2.35. The number of nitrogens with zero attached hydrogens (tertiary/aromatic N) is 1. The van der Waals surface area contributed by atoms with E-state index in [2.05, 4.69) is 9.97 Å². The van der Waals surface area contributed by atoms with Crippen LogP contribution >= 0.6 is 11.6 Å². The Labute approximate surface area is 133 Å². The first-order valence-electron chi connectivity index (χ1n) is 6.98. The van der Waals surface area contributed by atoms with Crippen molar-refractivity contribution in [2.24, 2.45) is 5.73 Å².